The lowest BCUT2D eigenvalue weighted by molar-refractivity contribution is 0.0926. The Kier molecular flexibility index (Phi) is 5.42. The van der Waals surface area contributed by atoms with Crippen LogP contribution in [0.3, 0.4) is 0 Å². The zero-order chi connectivity index (χ0) is 15.8. The van der Waals surface area contributed by atoms with Crippen molar-refractivity contribution < 1.29 is 18.7 Å². The maximum Gasteiger partial charge on any atom is 0.319 e. The molecule has 0 saturated carbocycles. The molecule has 0 saturated heterocycles. The maximum absolute atomic E-state index is 11.7. The van der Waals surface area contributed by atoms with E-state index in [0.717, 1.165) is 0 Å². The summed E-state index contributed by atoms with van der Waals surface area (Å²) in [4.78, 5) is 23.2. The molecular formula is C15H17N3O4. The first kappa shape index (κ1) is 15.4. The van der Waals surface area contributed by atoms with Crippen LogP contribution in [0.25, 0.3) is 0 Å². The molecule has 0 spiro atoms. The second-order valence-electron chi connectivity index (χ2n) is 4.34. The van der Waals surface area contributed by atoms with Gasteiger partial charge in [0, 0.05) is 18.8 Å². The first-order valence-corrected chi connectivity index (χ1v) is 6.69. The Labute approximate surface area is 127 Å². The van der Waals surface area contributed by atoms with Crippen molar-refractivity contribution in [1.29, 1.82) is 0 Å². The molecule has 2 rings (SSSR count). The van der Waals surface area contributed by atoms with Crippen LogP contribution in [-0.2, 0) is 0 Å². The van der Waals surface area contributed by atoms with Gasteiger partial charge in [-0.2, -0.15) is 0 Å². The maximum atomic E-state index is 11.7. The Balaban J connectivity index is 1.66. The van der Waals surface area contributed by atoms with Gasteiger partial charge in [0.2, 0.25) is 0 Å². The minimum absolute atomic E-state index is 0.239. The van der Waals surface area contributed by atoms with Gasteiger partial charge in [0.1, 0.15) is 5.75 Å². The fourth-order valence-electron chi connectivity index (χ4n) is 1.70. The summed E-state index contributed by atoms with van der Waals surface area (Å²) in [6.45, 7) is 0.601. The van der Waals surface area contributed by atoms with Crippen molar-refractivity contribution in [2.45, 2.75) is 0 Å². The molecule has 116 valence electrons. The zero-order valence-corrected chi connectivity index (χ0v) is 12.1. The largest absolute Gasteiger partial charge is 0.497 e. The first-order valence-electron chi connectivity index (χ1n) is 6.69. The summed E-state index contributed by atoms with van der Waals surface area (Å²) in [5, 5.41) is 7.93. The molecule has 7 nitrogen and oxygen atoms in total. The molecule has 2 aromatic rings. The monoisotopic (exact) mass is 303 g/mol. The summed E-state index contributed by atoms with van der Waals surface area (Å²) >= 11 is 0. The highest BCUT2D eigenvalue weighted by Gasteiger charge is 2.07. The Morgan fingerprint density at radius 2 is 1.82 bits per heavy atom. The van der Waals surface area contributed by atoms with Gasteiger partial charge in [-0.05, 0) is 36.4 Å². The molecular weight excluding hydrogens is 286 g/mol. The third-order valence-electron chi connectivity index (χ3n) is 2.79. The Bertz CT molecular complexity index is 608. The first-order chi connectivity index (χ1) is 10.7. The third-order valence-corrected chi connectivity index (χ3v) is 2.79. The van der Waals surface area contributed by atoms with Crippen LogP contribution in [0.4, 0.5) is 10.5 Å². The van der Waals surface area contributed by atoms with E-state index in [2.05, 4.69) is 16.0 Å². The van der Waals surface area contributed by atoms with E-state index in [4.69, 9.17) is 9.15 Å². The van der Waals surface area contributed by atoms with E-state index >= 15 is 0 Å². The summed E-state index contributed by atoms with van der Waals surface area (Å²) in [7, 11) is 1.58. The van der Waals surface area contributed by atoms with Gasteiger partial charge >= 0.3 is 6.03 Å². The minimum Gasteiger partial charge on any atom is -0.497 e. The van der Waals surface area contributed by atoms with Gasteiger partial charge in [-0.15, -0.1) is 0 Å². The van der Waals surface area contributed by atoms with Gasteiger partial charge in [0.25, 0.3) is 5.91 Å². The summed E-state index contributed by atoms with van der Waals surface area (Å²) in [5.41, 5.74) is 0.651. The van der Waals surface area contributed by atoms with Crippen LogP contribution in [0.1, 0.15) is 10.6 Å². The van der Waals surface area contributed by atoms with Crippen molar-refractivity contribution in [2.75, 3.05) is 25.5 Å². The van der Waals surface area contributed by atoms with Gasteiger partial charge in [-0.25, -0.2) is 4.79 Å². The van der Waals surface area contributed by atoms with Crippen LogP contribution >= 0.6 is 0 Å². The topological polar surface area (TPSA) is 92.6 Å². The van der Waals surface area contributed by atoms with Crippen LogP contribution in [0.5, 0.6) is 5.75 Å². The predicted octanol–water partition coefficient (Wildman–Crippen LogP) is 1.84. The van der Waals surface area contributed by atoms with Crippen molar-refractivity contribution in [2.24, 2.45) is 0 Å². The molecule has 3 N–H and O–H groups in total. The molecule has 0 aliphatic heterocycles. The lowest BCUT2D eigenvalue weighted by Crippen LogP contribution is -2.36. The highest BCUT2D eigenvalue weighted by atomic mass is 16.5. The van der Waals surface area contributed by atoms with Crippen molar-refractivity contribution in [3.8, 4) is 5.75 Å². The predicted molar refractivity (Wildman–Crippen MR) is 81.1 cm³/mol. The second kappa shape index (κ2) is 7.72. The number of urea groups is 1. The molecule has 7 heteroatoms. The van der Waals surface area contributed by atoms with Gasteiger partial charge in [0.15, 0.2) is 5.76 Å². The fraction of sp³-hybridized carbons (Fsp3) is 0.200. The van der Waals surface area contributed by atoms with Crippen molar-refractivity contribution in [1.82, 2.24) is 10.6 Å². The quantitative estimate of drug-likeness (QED) is 0.710. The lowest BCUT2D eigenvalue weighted by Gasteiger charge is -2.08. The van der Waals surface area contributed by atoms with Crippen LogP contribution in [0.2, 0.25) is 0 Å². The number of carbonyl (C=O) groups is 2. The van der Waals surface area contributed by atoms with Crippen LogP contribution < -0.4 is 20.7 Å². The molecule has 0 fully saturated rings. The number of rotatable bonds is 6. The molecule has 1 aromatic heterocycles. The normalized spacial score (nSPS) is 9.86. The average molecular weight is 303 g/mol. The summed E-state index contributed by atoms with van der Waals surface area (Å²) < 4.78 is 9.98. The molecule has 0 radical (unpaired) electrons. The van der Waals surface area contributed by atoms with Crippen molar-refractivity contribution in [3.63, 3.8) is 0 Å². The number of nitrogens with one attached hydrogen (secondary N) is 3. The number of hydrogen-bond acceptors (Lipinski definition) is 4. The highest BCUT2D eigenvalue weighted by Crippen LogP contribution is 2.14. The van der Waals surface area contributed by atoms with Gasteiger partial charge in [-0.3, -0.25) is 4.79 Å². The third kappa shape index (κ3) is 4.55. The number of anilines is 1. The Hall–Kier alpha value is -2.96. The fourth-order valence-corrected chi connectivity index (χ4v) is 1.70. The van der Waals surface area contributed by atoms with E-state index in [1.165, 1.54) is 6.26 Å². The number of hydrogen-bond donors (Lipinski definition) is 3. The standard InChI is InChI=1S/C15H17N3O4/c1-21-12-6-4-11(5-7-12)18-15(20)17-9-8-16-14(19)13-3-2-10-22-13/h2-7,10H,8-9H2,1H3,(H,16,19)(H2,17,18,20). The number of ether oxygens (including phenoxy) is 1. The molecule has 1 heterocycles. The summed E-state index contributed by atoms with van der Waals surface area (Å²) in [6.07, 6.45) is 1.43. The zero-order valence-electron chi connectivity index (χ0n) is 12.1. The van der Waals surface area contributed by atoms with Crippen LogP contribution in [0, 0.1) is 0 Å². The highest BCUT2D eigenvalue weighted by molar-refractivity contribution is 5.91. The number of methoxy groups -OCH3 is 1. The van der Waals surface area contributed by atoms with Crippen molar-refractivity contribution in [3.05, 3.63) is 48.4 Å². The summed E-state index contributed by atoms with van der Waals surface area (Å²) in [5.74, 6) is 0.636. The molecule has 22 heavy (non-hydrogen) atoms. The second-order valence-corrected chi connectivity index (χ2v) is 4.34. The van der Waals surface area contributed by atoms with E-state index in [-0.39, 0.29) is 17.7 Å². The van der Waals surface area contributed by atoms with E-state index in [1.54, 1.807) is 43.5 Å². The number of amides is 3. The average Bonchev–Trinajstić information content (AvgIpc) is 3.06. The molecule has 0 aliphatic rings. The molecule has 3 amide bonds. The molecule has 0 unspecified atom stereocenters. The van der Waals surface area contributed by atoms with Gasteiger partial charge < -0.3 is 25.1 Å². The minimum atomic E-state index is -0.350. The number of furan rings is 1. The number of benzene rings is 1. The Morgan fingerprint density at radius 3 is 2.45 bits per heavy atom. The van der Waals surface area contributed by atoms with E-state index in [1.807, 2.05) is 0 Å². The van der Waals surface area contributed by atoms with E-state index in [9.17, 15) is 9.59 Å². The van der Waals surface area contributed by atoms with Crippen LogP contribution in [0.15, 0.2) is 47.1 Å². The van der Waals surface area contributed by atoms with Crippen molar-refractivity contribution >= 4 is 17.6 Å². The molecule has 1 aromatic carbocycles. The van der Waals surface area contributed by atoms with Crippen LogP contribution in [-0.4, -0.2) is 32.1 Å². The Morgan fingerprint density at radius 1 is 1.09 bits per heavy atom. The van der Waals surface area contributed by atoms with Gasteiger partial charge in [-0.1, -0.05) is 0 Å². The SMILES string of the molecule is COc1ccc(NC(=O)NCCNC(=O)c2ccco2)cc1. The lowest BCUT2D eigenvalue weighted by atomic mass is 10.3. The number of carbonyl (C=O) groups excluding carboxylic acids is 2. The smallest absolute Gasteiger partial charge is 0.319 e. The van der Waals surface area contributed by atoms with E-state index < -0.39 is 0 Å². The molecule has 0 bridgehead atoms. The molecule has 0 aliphatic carbocycles. The molecule has 0 atom stereocenters. The van der Waals surface area contributed by atoms with Gasteiger partial charge in [0.05, 0.1) is 13.4 Å². The summed E-state index contributed by atoms with van der Waals surface area (Å²) in [6, 6.07) is 9.82. The van der Waals surface area contributed by atoms with E-state index in [0.29, 0.717) is 24.5 Å².